The summed E-state index contributed by atoms with van der Waals surface area (Å²) in [5.41, 5.74) is -1.38. The van der Waals surface area contributed by atoms with Crippen LogP contribution in [0.15, 0.2) is 12.1 Å². The van der Waals surface area contributed by atoms with E-state index in [0.29, 0.717) is 6.07 Å². The van der Waals surface area contributed by atoms with Crippen molar-refractivity contribution in [3.8, 4) is 0 Å². The molecule has 0 atom stereocenters. The van der Waals surface area contributed by atoms with E-state index in [-0.39, 0.29) is 0 Å². The minimum absolute atomic E-state index is 0.461. The zero-order valence-corrected chi connectivity index (χ0v) is 9.20. The SMILES string of the molecule is Fc1ccc2[nH]c(C(C(F)(F)F)C(F)(F)F)nc2c1F. The summed E-state index contributed by atoms with van der Waals surface area (Å²) in [4.78, 5) is 4.61. The Bertz CT molecular complexity index is 625. The second-order valence-corrected chi connectivity index (χ2v) is 3.90. The highest BCUT2D eigenvalue weighted by atomic mass is 19.4. The topological polar surface area (TPSA) is 28.7 Å². The molecule has 1 aromatic carbocycles. The lowest BCUT2D eigenvalue weighted by molar-refractivity contribution is -0.255. The van der Waals surface area contributed by atoms with E-state index in [1.54, 1.807) is 4.98 Å². The maximum absolute atomic E-state index is 13.2. The Morgan fingerprint density at radius 2 is 1.50 bits per heavy atom. The van der Waals surface area contributed by atoms with E-state index in [1.165, 1.54) is 0 Å². The van der Waals surface area contributed by atoms with Crippen molar-refractivity contribution >= 4 is 11.0 Å². The molecular weight excluding hydrogens is 300 g/mol. The molecule has 0 spiro atoms. The lowest BCUT2D eigenvalue weighted by Gasteiger charge is -2.20. The fraction of sp³-hybridized carbons (Fsp3) is 0.300. The lowest BCUT2D eigenvalue weighted by Crippen LogP contribution is -2.34. The van der Waals surface area contributed by atoms with Crippen molar-refractivity contribution < 1.29 is 35.1 Å². The Morgan fingerprint density at radius 1 is 0.950 bits per heavy atom. The molecule has 0 unspecified atom stereocenters. The maximum Gasteiger partial charge on any atom is 0.407 e. The van der Waals surface area contributed by atoms with Crippen LogP contribution in [0.4, 0.5) is 35.1 Å². The lowest BCUT2D eigenvalue weighted by atomic mass is 10.1. The van der Waals surface area contributed by atoms with Crippen LogP contribution in [-0.4, -0.2) is 22.3 Å². The summed E-state index contributed by atoms with van der Waals surface area (Å²) >= 11 is 0. The third-order valence-electron chi connectivity index (χ3n) is 2.49. The molecular formula is C10H4F8N2. The number of benzene rings is 1. The summed E-state index contributed by atoms with van der Waals surface area (Å²) in [5.74, 6) is -8.48. The predicted molar refractivity (Wildman–Crippen MR) is 50.9 cm³/mol. The van der Waals surface area contributed by atoms with E-state index in [1.807, 2.05) is 0 Å². The maximum atomic E-state index is 13.2. The van der Waals surface area contributed by atoms with Gasteiger partial charge in [-0.25, -0.2) is 13.8 Å². The number of hydrogen-bond donors (Lipinski definition) is 1. The van der Waals surface area contributed by atoms with E-state index < -0.39 is 46.8 Å². The zero-order valence-electron chi connectivity index (χ0n) is 9.20. The summed E-state index contributed by atoms with van der Waals surface area (Å²) < 4.78 is 101. The van der Waals surface area contributed by atoms with Crippen LogP contribution in [0.1, 0.15) is 11.7 Å². The van der Waals surface area contributed by atoms with Crippen molar-refractivity contribution in [3.05, 3.63) is 29.6 Å². The first kappa shape index (κ1) is 14.5. The fourth-order valence-electron chi connectivity index (χ4n) is 1.67. The van der Waals surface area contributed by atoms with Crippen molar-refractivity contribution in [2.24, 2.45) is 0 Å². The third-order valence-corrected chi connectivity index (χ3v) is 2.49. The standard InChI is InChI=1S/C10H4F8N2/c11-3-1-2-4-6(5(3)12)20-8(19-4)7(9(13,14)15)10(16,17)18/h1-2,7H,(H,19,20). The van der Waals surface area contributed by atoms with Crippen LogP contribution in [0, 0.1) is 11.6 Å². The average Bonchev–Trinajstić information content (AvgIpc) is 2.63. The van der Waals surface area contributed by atoms with Crippen molar-refractivity contribution in [1.82, 2.24) is 9.97 Å². The number of alkyl halides is 6. The molecule has 0 bridgehead atoms. The molecule has 2 aromatic rings. The molecule has 0 aliphatic carbocycles. The van der Waals surface area contributed by atoms with Gasteiger partial charge in [-0.05, 0) is 12.1 Å². The molecule has 0 amide bonds. The quantitative estimate of drug-likeness (QED) is 0.791. The van der Waals surface area contributed by atoms with Crippen molar-refractivity contribution in [1.29, 1.82) is 0 Å². The van der Waals surface area contributed by atoms with E-state index in [4.69, 9.17) is 0 Å². The van der Waals surface area contributed by atoms with Crippen LogP contribution in [0.5, 0.6) is 0 Å². The van der Waals surface area contributed by atoms with Crippen LogP contribution >= 0.6 is 0 Å². The first-order valence-electron chi connectivity index (χ1n) is 4.99. The molecule has 0 aliphatic heterocycles. The van der Waals surface area contributed by atoms with Crippen molar-refractivity contribution in [3.63, 3.8) is 0 Å². The summed E-state index contributed by atoms with van der Waals surface area (Å²) in [7, 11) is 0. The Hall–Kier alpha value is -1.87. The number of halogens is 8. The smallest absolute Gasteiger partial charge is 0.341 e. The highest BCUT2D eigenvalue weighted by Crippen LogP contribution is 2.45. The summed E-state index contributed by atoms with van der Waals surface area (Å²) in [6.07, 6.45) is -11.3. The Morgan fingerprint density at radius 3 is 2.00 bits per heavy atom. The van der Waals surface area contributed by atoms with E-state index in [0.717, 1.165) is 6.07 Å². The minimum Gasteiger partial charge on any atom is -0.341 e. The monoisotopic (exact) mass is 304 g/mol. The highest BCUT2D eigenvalue weighted by molar-refractivity contribution is 5.76. The molecule has 20 heavy (non-hydrogen) atoms. The van der Waals surface area contributed by atoms with Crippen molar-refractivity contribution in [2.45, 2.75) is 18.3 Å². The van der Waals surface area contributed by atoms with Gasteiger partial charge >= 0.3 is 12.4 Å². The van der Waals surface area contributed by atoms with Gasteiger partial charge in [0, 0.05) is 0 Å². The van der Waals surface area contributed by atoms with Gasteiger partial charge in [-0.2, -0.15) is 26.3 Å². The molecule has 2 rings (SSSR count). The number of H-pyrrole nitrogens is 1. The van der Waals surface area contributed by atoms with E-state index >= 15 is 0 Å². The molecule has 110 valence electrons. The third kappa shape index (κ3) is 2.41. The van der Waals surface area contributed by atoms with Crippen LogP contribution in [-0.2, 0) is 0 Å². The van der Waals surface area contributed by atoms with Gasteiger partial charge in [-0.15, -0.1) is 0 Å². The molecule has 1 aromatic heterocycles. The Kier molecular flexibility index (Phi) is 3.14. The number of fused-ring (bicyclic) bond motifs is 1. The van der Waals surface area contributed by atoms with Crippen LogP contribution < -0.4 is 0 Å². The summed E-state index contributed by atoms with van der Waals surface area (Å²) in [6.45, 7) is 0. The highest BCUT2D eigenvalue weighted by Gasteiger charge is 2.59. The number of aromatic nitrogens is 2. The van der Waals surface area contributed by atoms with Crippen LogP contribution in [0.3, 0.4) is 0 Å². The number of hydrogen-bond acceptors (Lipinski definition) is 1. The van der Waals surface area contributed by atoms with Crippen LogP contribution in [0.2, 0.25) is 0 Å². The first-order chi connectivity index (χ1) is 9.01. The molecule has 0 radical (unpaired) electrons. The summed E-state index contributed by atoms with van der Waals surface area (Å²) in [6, 6.07) is 1.36. The molecule has 10 heteroatoms. The van der Waals surface area contributed by atoms with Gasteiger partial charge in [0.25, 0.3) is 0 Å². The van der Waals surface area contributed by atoms with Gasteiger partial charge in [0.1, 0.15) is 11.3 Å². The number of rotatable bonds is 1. The molecule has 1 N–H and O–H groups in total. The van der Waals surface area contributed by atoms with Gasteiger partial charge in [0.2, 0.25) is 5.92 Å². The normalized spacial score (nSPS) is 13.4. The fourth-order valence-corrected chi connectivity index (χ4v) is 1.67. The number of nitrogens with zero attached hydrogens (tertiary/aromatic N) is 1. The molecule has 0 aliphatic rings. The average molecular weight is 304 g/mol. The Balaban J connectivity index is 2.64. The Labute approximate surface area is 105 Å². The molecule has 0 fully saturated rings. The van der Waals surface area contributed by atoms with Gasteiger partial charge in [0.15, 0.2) is 11.6 Å². The molecule has 0 saturated carbocycles. The van der Waals surface area contributed by atoms with E-state index in [9.17, 15) is 35.1 Å². The zero-order chi connectivity index (χ0) is 15.3. The first-order valence-corrected chi connectivity index (χ1v) is 4.99. The largest absolute Gasteiger partial charge is 0.407 e. The summed E-state index contributed by atoms with van der Waals surface area (Å²) in [5, 5.41) is 0. The number of nitrogens with one attached hydrogen (secondary N) is 1. The van der Waals surface area contributed by atoms with Crippen LogP contribution in [0.25, 0.3) is 11.0 Å². The molecule has 2 nitrogen and oxygen atoms in total. The molecule has 1 heterocycles. The van der Waals surface area contributed by atoms with Gasteiger partial charge in [-0.3, -0.25) is 0 Å². The number of aromatic amines is 1. The predicted octanol–water partition coefficient (Wildman–Crippen LogP) is 4.05. The van der Waals surface area contributed by atoms with Gasteiger partial charge in [-0.1, -0.05) is 0 Å². The second-order valence-electron chi connectivity index (χ2n) is 3.90. The number of imidazole rings is 1. The minimum atomic E-state index is -5.67. The second kappa shape index (κ2) is 4.32. The van der Waals surface area contributed by atoms with Crippen molar-refractivity contribution in [2.75, 3.05) is 0 Å². The van der Waals surface area contributed by atoms with Gasteiger partial charge < -0.3 is 4.98 Å². The van der Waals surface area contributed by atoms with Gasteiger partial charge in [0.05, 0.1) is 5.52 Å². The molecule has 0 saturated heterocycles. The van der Waals surface area contributed by atoms with E-state index in [2.05, 4.69) is 4.98 Å².